The monoisotopic (exact) mass is 1160 g/mol. The van der Waals surface area contributed by atoms with Gasteiger partial charge < -0.3 is 46.1 Å². The highest BCUT2D eigenvalue weighted by atomic mass is 16.5. The number of benzene rings is 9. The van der Waals surface area contributed by atoms with E-state index in [1.807, 2.05) is 128 Å². The number of carbonyl (C=O) groups is 6. The average molecular weight is 1160 g/mol. The van der Waals surface area contributed by atoms with Gasteiger partial charge in [0.25, 0.3) is 0 Å². The van der Waals surface area contributed by atoms with E-state index in [1.165, 1.54) is 10.8 Å². The number of esters is 3. The fraction of sp³-hybridized carbons (Fsp3) is 0.324. The van der Waals surface area contributed by atoms with E-state index in [9.17, 15) is 28.8 Å². The van der Waals surface area contributed by atoms with Crippen LogP contribution in [0.15, 0.2) is 164 Å². The zero-order valence-electron chi connectivity index (χ0n) is 50.8. The van der Waals surface area contributed by atoms with Crippen molar-refractivity contribution in [1.29, 1.82) is 0 Å². The Morgan fingerprint density at radius 1 is 0.384 bits per heavy atom. The van der Waals surface area contributed by atoms with Crippen molar-refractivity contribution in [3.8, 4) is 0 Å². The predicted molar refractivity (Wildman–Crippen MR) is 346 cm³/mol. The summed E-state index contributed by atoms with van der Waals surface area (Å²) in [5.41, 5.74) is 2.23. The molecule has 15 nitrogen and oxygen atoms in total. The molecule has 6 N–H and O–H groups in total. The van der Waals surface area contributed by atoms with Gasteiger partial charge in [-0.15, -0.1) is 0 Å². The van der Waals surface area contributed by atoms with Gasteiger partial charge >= 0.3 is 36.0 Å². The molecule has 0 aromatic heterocycles. The number of carbonyl (C=O) groups excluding carboxylic acids is 6. The number of hydrogen-bond acceptors (Lipinski definition) is 9. The Balaban J connectivity index is 0.000000185. The van der Waals surface area contributed by atoms with Crippen molar-refractivity contribution in [3.05, 3.63) is 180 Å². The third-order valence-electron chi connectivity index (χ3n) is 15.7. The van der Waals surface area contributed by atoms with Crippen LogP contribution < -0.4 is 31.9 Å². The third-order valence-corrected chi connectivity index (χ3v) is 15.7. The van der Waals surface area contributed by atoms with E-state index >= 15 is 0 Å². The Kier molecular flexibility index (Phi) is 23.2. The maximum absolute atomic E-state index is 12.2. The summed E-state index contributed by atoms with van der Waals surface area (Å²) in [5, 5.41) is 30.7. The fourth-order valence-electron chi connectivity index (χ4n) is 9.40. The lowest BCUT2D eigenvalue weighted by molar-refractivity contribution is -0.154. The third kappa shape index (κ3) is 17.7. The Hall–Kier alpha value is -9.24. The summed E-state index contributed by atoms with van der Waals surface area (Å²) < 4.78 is 15.6. The maximum atomic E-state index is 12.2. The highest BCUT2D eigenvalue weighted by Gasteiger charge is 2.28. The standard InChI is InChI=1S/2C24H28N2O3.C23H26N2O3/c1-4-24(2,3)22(27)29-14-13-25-23(28)26-16-21-19-11-7-5-9-17(19)15-18-10-6-8-12-20(18)21;1-4-24(2,3)22(27)29-13-12-25-23(28)26-16-20-11-7-10-19-14-17-8-5-6-9-18(17)15-21(19)20;1-3-16(2)22(26)28-13-12-24-23(27)25-15-21-19-10-6-4-8-17(19)14-18-9-5-7-11-20(18)21/h5-12,15H,4,13-14,16H2,1-3H3,(H2,25,26,28);5-11,14-15H,4,12-13,16H2,1-3H3,(H2,25,26,28);4-11,14,16H,3,12-13,15H2,1-2H3,(H2,24,25,27). The van der Waals surface area contributed by atoms with Gasteiger partial charge in [-0.05, 0) is 153 Å². The van der Waals surface area contributed by atoms with Crippen LogP contribution in [0, 0.1) is 16.7 Å². The van der Waals surface area contributed by atoms with Gasteiger partial charge in [0.15, 0.2) is 0 Å². The van der Waals surface area contributed by atoms with E-state index in [2.05, 4.69) is 123 Å². The molecule has 0 aliphatic heterocycles. The number of hydrogen-bond donors (Lipinski definition) is 6. The van der Waals surface area contributed by atoms with Crippen molar-refractivity contribution in [1.82, 2.24) is 31.9 Å². The molecule has 6 amide bonds. The van der Waals surface area contributed by atoms with E-state index in [-0.39, 0.29) is 81.4 Å². The lowest BCUT2D eigenvalue weighted by Crippen LogP contribution is -2.38. The molecule has 0 heterocycles. The number of amides is 6. The van der Waals surface area contributed by atoms with Crippen molar-refractivity contribution >= 4 is 101 Å². The smallest absolute Gasteiger partial charge is 0.315 e. The van der Waals surface area contributed by atoms with Crippen LogP contribution in [-0.4, -0.2) is 75.5 Å². The highest BCUT2D eigenvalue weighted by Crippen LogP contribution is 2.31. The molecular formula is C71H82N6O9. The van der Waals surface area contributed by atoms with Crippen LogP contribution >= 0.6 is 0 Å². The van der Waals surface area contributed by atoms with Gasteiger partial charge in [-0.1, -0.05) is 167 Å². The van der Waals surface area contributed by atoms with Crippen molar-refractivity contribution in [3.63, 3.8) is 0 Å². The number of nitrogens with one attached hydrogen (secondary N) is 6. The topological polar surface area (TPSA) is 202 Å². The van der Waals surface area contributed by atoms with Gasteiger partial charge in [0.1, 0.15) is 19.8 Å². The Labute approximate surface area is 504 Å². The first-order chi connectivity index (χ1) is 41.4. The van der Waals surface area contributed by atoms with Gasteiger partial charge in [-0.2, -0.15) is 0 Å². The molecule has 9 rings (SSSR count). The molecule has 9 aromatic carbocycles. The molecule has 450 valence electrons. The lowest BCUT2D eigenvalue weighted by Gasteiger charge is -2.20. The largest absolute Gasteiger partial charge is 0.464 e. The Morgan fingerprint density at radius 3 is 1.10 bits per heavy atom. The molecule has 0 aliphatic carbocycles. The minimum atomic E-state index is -0.502. The number of fused-ring (bicyclic) bond motifs is 6. The van der Waals surface area contributed by atoms with Crippen LogP contribution in [0.2, 0.25) is 0 Å². The molecule has 0 saturated carbocycles. The number of rotatable bonds is 21. The molecule has 0 fully saturated rings. The molecule has 0 bridgehead atoms. The first kappa shape index (κ1) is 64.3. The second kappa shape index (κ2) is 31.1. The van der Waals surface area contributed by atoms with Gasteiger partial charge in [0, 0.05) is 19.6 Å². The maximum Gasteiger partial charge on any atom is 0.315 e. The summed E-state index contributed by atoms with van der Waals surface area (Å²) in [7, 11) is 0. The summed E-state index contributed by atoms with van der Waals surface area (Å²) >= 11 is 0. The molecule has 86 heavy (non-hydrogen) atoms. The van der Waals surface area contributed by atoms with E-state index in [1.54, 1.807) is 0 Å². The first-order valence-corrected chi connectivity index (χ1v) is 29.7. The predicted octanol–water partition coefficient (Wildman–Crippen LogP) is 13.9. The zero-order chi connectivity index (χ0) is 61.6. The van der Waals surface area contributed by atoms with Gasteiger partial charge in [0.2, 0.25) is 0 Å². The van der Waals surface area contributed by atoms with E-state index in [0.29, 0.717) is 32.5 Å². The van der Waals surface area contributed by atoms with Crippen LogP contribution in [0.3, 0.4) is 0 Å². The highest BCUT2D eigenvalue weighted by molar-refractivity contribution is 6.04. The quantitative estimate of drug-likeness (QED) is 0.0175. The van der Waals surface area contributed by atoms with Crippen molar-refractivity contribution in [2.24, 2.45) is 16.7 Å². The van der Waals surface area contributed by atoms with Crippen LogP contribution in [0.25, 0.3) is 64.6 Å². The molecule has 1 unspecified atom stereocenters. The molecule has 15 heteroatoms. The van der Waals surface area contributed by atoms with E-state index in [0.717, 1.165) is 77.0 Å². The molecule has 1 atom stereocenters. The van der Waals surface area contributed by atoms with E-state index < -0.39 is 10.8 Å². The lowest BCUT2D eigenvalue weighted by atomic mass is 9.91. The summed E-state index contributed by atoms with van der Waals surface area (Å²) in [4.78, 5) is 72.0. The van der Waals surface area contributed by atoms with Crippen molar-refractivity contribution < 1.29 is 43.0 Å². The zero-order valence-corrected chi connectivity index (χ0v) is 50.8. The molecule has 0 spiro atoms. The van der Waals surface area contributed by atoms with Crippen molar-refractivity contribution in [2.75, 3.05) is 39.5 Å². The molecule has 0 radical (unpaired) electrons. The second-order valence-corrected chi connectivity index (χ2v) is 22.5. The van der Waals surface area contributed by atoms with Crippen LogP contribution in [0.4, 0.5) is 14.4 Å². The van der Waals surface area contributed by atoms with Gasteiger partial charge in [-0.25, -0.2) is 14.4 Å². The summed E-state index contributed by atoms with van der Waals surface area (Å²) in [6, 6.07) is 54.9. The molecule has 0 aliphatic rings. The number of ether oxygens (including phenoxy) is 3. The molecular weight excluding hydrogens is 1080 g/mol. The Morgan fingerprint density at radius 2 is 0.709 bits per heavy atom. The van der Waals surface area contributed by atoms with Gasteiger partial charge in [-0.3, -0.25) is 14.4 Å². The minimum absolute atomic E-state index is 0.117. The number of urea groups is 3. The molecule has 9 aromatic rings. The summed E-state index contributed by atoms with van der Waals surface area (Å²) in [6.07, 6.45) is 2.16. The van der Waals surface area contributed by atoms with Crippen LogP contribution in [0.5, 0.6) is 0 Å². The van der Waals surface area contributed by atoms with Gasteiger partial charge in [0.05, 0.1) is 36.4 Å². The van der Waals surface area contributed by atoms with Crippen LogP contribution in [-0.2, 0) is 48.2 Å². The fourth-order valence-corrected chi connectivity index (χ4v) is 9.40. The average Bonchev–Trinajstić information content (AvgIpc) is 1.32. The normalized spacial score (nSPS) is 11.6. The first-order valence-electron chi connectivity index (χ1n) is 29.7. The second-order valence-electron chi connectivity index (χ2n) is 22.5. The summed E-state index contributed by atoms with van der Waals surface area (Å²) in [5.74, 6) is -0.838. The summed E-state index contributed by atoms with van der Waals surface area (Å²) in [6.45, 7) is 17.6. The van der Waals surface area contributed by atoms with E-state index in [4.69, 9.17) is 14.2 Å². The van der Waals surface area contributed by atoms with Crippen molar-refractivity contribution in [2.45, 2.75) is 94.3 Å². The van der Waals surface area contributed by atoms with Crippen LogP contribution in [0.1, 0.15) is 91.3 Å². The molecule has 0 saturated heterocycles. The SMILES string of the molecule is CCC(C)(C)C(=O)OCCNC(=O)NCc1c2ccccc2cc2ccccc12.CCC(C)(C)C(=O)OCCNC(=O)NCc1cccc2cc3ccccc3cc12.CCC(C)C(=O)OCCNC(=O)NCc1c2ccccc2cc2ccccc12. The minimum Gasteiger partial charge on any atom is -0.464 e. The Bertz CT molecular complexity index is 3690.